The van der Waals surface area contributed by atoms with Gasteiger partial charge in [0.1, 0.15) is 11.5 Å². The van der Waals surface area contributed by atoms with E-state index in [0.717, 1.165) is 30.5 Å². The number of carbonyl (C=O) groups excluding carboxylic acids is 1. The third-order valence-electron chi connectivity index (χ3n) is 6.99. The number of fused-ring (bicyclic) bond motifs is 4. The first-order valence-electron chi connectivity index (χ1n) is 11.5. The average Bonchev–Trinajstić information content (AvgIpc) is 3.49. The van der Waals surface area contributed by atoms with Gasteiger partial charge in [0.15, 0.2) is 17.5 Å². The van der Waals surface area contributed by atoms with Gasteiger partial charge in [-0.2, -0.15) is 20.1 Å². The summed E-state index contributed by atoms with van der Waals surface area (Å²) in [4.78, 5) is 16.9. The van der Waals surface area contributed by atoms with Crippen LogP contribution in [0.3, 0.4) is 0 Å². The van der Waals surface area contributed by atoms with Crippen LogP contribution in [-0.4, -0.2) is 41.6 Å². The molecule has 0 spiro atoms. The van der Waals surface area contributed by atoms with Gasteiger partial charge < -0.3 is 4.90 Å². The highest BCUT2D eigenvalue weighted by molar-refractivity contribution is 5.98. The molecular weight excluding hydrogens is 476 g/mol. The first-order chi connectivity index (χ1) is 17.3. The lowest BCUT2D eigenvalue weighted by atomic mass is 9.81. The highest BCUT2D eigenvalue weighted by Crippen LogP contribution is 2.45. The molecule has 2 atom stereocenters. The maximum absolute atomic E-state index is 14.1. The zero-order chi connectivity index (χ0) is 25.1. The highest BCUT2D eigenvalue weighted by Gasteiger charge is 2.44. The molecule has 7 nitrogen and oxygen atoms in total. The van der Waals surface area contributed by atoms with Crippen molar-refractivity contribution in [1.82, 2.24) is 29.7 Å². The van der Waals surface area contributed by atoms with E-state index in [1.54, 1.807) is 11.9 Å². The Hall–Kier alpha value is -4.02. The summed E-state index contributed by atoms with van der Waals surface area (Å²) in [5.74, 6) is -4.89. The number of halogens is 4. The smallest absolute Gasteiger partial charge is 0.256 e. The lowest BCUT2D eigenvalue weighted by Crippen LogP contribution is -2.50. The van der Waals surface area contributed by atoms with Crippen LogP contribution in [0.2, 0.25) is 0 Å². The van der Waals surface area contributed by atoms with Crippen LogP contribution in [0.25, 0.3) is 16.9 Å². The third kappa shape index (κ3) is 3.41. The number of nitrogens with zero attached hydrogens (tertiary/aromatic N) is 6. The van der Waals surface area contributed by atoms with Crippen molar-refractivity contribution >= 4 is 5.91 Å². The van der Waals surface area contributed by atoms with Gasteiger partial charge in [-0.3, -0.25) is 9.48 Å². The second-order valence-corrected chi connectivity index (χ2v) is 9.09. The summed E-state index contributed by atoms with van der Waals surface area (Å²) in [7, 11) is 1.66. The van der Waals surface area contributed by atoms with Crippen LogP contribution in [0.4, 0.5) is 17.6 Å². The van der Waals surface area contributed by atoms with Crippen LogP contribution in [0, 0.1) is 23.3 Å². The van der Waals surface area contributed by atoms with E-state index in [2.05, 4.69) is 15.3 Å². The van der Waals surface area contributed by atoms with Gasteiger partial charge in [0.25, 0.3) is 5.91 Å². The molecule has 36 heavy (non-hydrogen) atoms. The molecule has 184 valence electrons. The number of benzene rings is 2. The normalized spacial score (nSPS) is 18.9. The molecule has 2 aromatic carbocycles. The first-order valence-corrected chi connectivity index (χ1v) is 11.5. The molecular formula is C25H20F4N6O. The molecule has 1 amide bonds. The molecule has 11 heteroatoms. The molecule has 1 saturated heterocycles. The molecule has 0 N–H and O–H groups in total. The van der Waals surface area contributed by atoms with E-state index in [1.807, 2.05) is 0 Å². The molecule has 4 aromatic rings. The van der Waals surface area contributed by atoms with Gasteiger partial charge in [0.05, 0.1) is 35.4 Å². The Kier molecular flexibility index (Phi) is 5.16. The van der Waals surface area contributed by atoms with Gasteiger partial charge in [0, 0.05) is 30.3 Å². The van der Waals surface area contributed by atoms with E-state index < -0.39 is 23.3 Å². The summed E-state index contributed by atoms with van der Waals surface area (Å²) in [6.07, 6.45) is 5.54. The van der Waals surface area contributed by atoms with Gasteiger partial charge in [0.2, 0.25) is 0 Å². The van der Waals surface area contributed by atoms with Crippen molar-refractivity contribution in [2.75, 3.05) is 0 Å². The Morgan fingerprint density at radius 2 is 1.72 bits per heavy atom. The lowest BCUT2D eigenvalue weighted by Gasteiger charge is -2.45. The molecule has 0 aliphatic carbocycles. The molecule has 2 aromatic heterocycles. The number of amides is 1. The van der Waals surface area contributed by atoms with Crippen molar-refractivity contribution in [3.63, 3.8) is 0 Å². The van der Waals surface area contributed by atoms with E-state index in [9.17, 15) is 22.4 Å². The summed E-state index contributed by atoms with van der Waals surface area (Å²) in [6.45, 7) is 0. The number of aromatic nitrogens is 5. The molecule has 2 aliphatic rings. The molecule has 6 rings (SSSR count). The predicted octanol–water partition coefficient (Wildman–Crippen LogP) is 4.52. The maximum atomic E-state index is 14.1. The SMILES string of the molecule is Cn1nc2c(c1-c1cc(F)c(F)c(F)c1)C[C@@H]1CCC[C@H]2N1C(=O)c1ccc(F)cc1-n1nccn1. The predicted molar refractivity (Wildman–Crippen MR) is 120 cm³/mol. The largest absolute Gasteiger partial charge is 0.327 e. The molecule has 2 aliphatic heterocycles. The third-order valence-corrected chi connectivity index (χ3v) is 6.99. The van der Waals surface area contributed by atoms with Crippen LogP contribution >= 0.6 is 0 Å². The van der Waals surface area contributed by atoms with Crippen molar-refractivity contribution in [2.24, 2.45) is 7.05 Å². The minimum atomic E-state index is -1.52. The molecule has 0 unspecified atom stereocenters. The van der Waals surface area contributed by atoms with E-state index in [0.29, 0.717) is 24.2 Å². The van der Waals surface area contributed by atoms with E-state index in [4.69, 9.17) is 0 Å². The Morgan fingerprint density at radius 3 is 2.44 bits per heavy atom. The summed E-state index contributed by atoms with van der Waals surface area (Å²) in [5, 5.41) is 12.8. The van der Waals surface area contributed by atoms with Crippen molar-refractivity contribution < 1.29 is 22.4 Å². The summed E-state index contributed by atoms with van der Waals surface area (Å²) in [5.41, 5.74) is 2.60. The molecule has 2 bridgehead atoms. The van der Waals surface area contributed by atoms with Crippen molar-refractivity contribution in [2.45, 2.75) is 37.8 Å². The van der Waals surface area contributed by atoms with Gasteiger partial charge in [-0.15, -0.1) is 0 Å². The van der Waals surface area contributed by atoms with Gasteiger partial charge in [-0.05, 0) is 49.9 Å². The Bertz CT molecular complexity index is 1480. The number of rotatable bonds is 3. The van der Waals surface area contributed by atoms with Gasteiger partial charge >= 0.3 is 0 Å². The molecule has 1 fully saturated rings. The lowest BCUT2D eigenvalue weighted by molar-refractivity contribution is 0.0391. The Balaban J connectivity index is 1.44. The molecule has 0 radical (unpaired) electrons. The highest BCUT2D eigenvalue weighted by atomic mass is 19.2. The fraction of sp³-hybridized carbons (Fsp3) is 0.280. The zero-order valence-corrected chi connectivity index (χ0v) is 19.1. The van der Waals surface area contributed by atoms with Crippen molar-refractivity contribution in [1.29, 1.82) is 0 Å². The fourth-order valence-corrected chi connectivity index (χ4v) is 5.53. The van der Waals surface area contributed by atoms with E-state index in [-0.39, 0.29) is 34.8 Å². The van der Waals surface area contributed by atoms with Gasteiger partial charge in [-0.25, -0.2) is 17.6 Å². The Morgan fingerprint density at radius 1 is 1.00 bits per heavy atom. The second kappa shape index (κ2) is 8.28. The fourth-order valence-electron chi connectivity index (χ4n) is 5.53. The number of carbonyl (C=O) groups is 1. The maximum Gasteiger partial charge on any atom is 0.256 e. The van der Waals surface area contributed by atoms with E-state index >= 15 is 0 Å². The van der Waals surface area contributed by atoms with Crippen molar-refractivity contribution in [3.8, 4) is 16.9 Å². The topological polar surface area (TPSA) is 68.8 Å². The zero-order valence-electron chi connectivity index (χ0n) is 19.1. The second-order valence-electron chi connectivity index (χ2n) is 9.09. The first kappa shape index (κ1) is 22.4. The summed E-state index contributed by atoms with van der Waals surface area (Å²) in [6, 6.07) is 5.21. The number of hydrogen-bond donors (Lipinski definition) is 0. The van der Waals surface area contributed by atoms with Crippen LogP contribution in [0.5, 0.6) is 0 Å². The van der Waals surface area contributed by atoms with Crippen LogP contribution < -0.4 is 0 Å². The minimum Gasteiger partial charge on any atom is -0.327 e. The van der Waals surface area contributed by atoms with Crippen LogP contribution in [0.15, 0.2) is 42.7 Å². The number of piperidine rings is 1. The number of aryl methyl sites for hydroxylation is 1. The Labute approximate surface area is 202 Å². The molecule has 0 saturated carbocycles. The van der Waals surface area contributed by atoms with Crippen LogP contribution in [0.1, 0.15) is 46.9 Å². The van der Waals surface area contributed by atoms with Gasteiger partial charge in [-0.1, -0.05) is 0 Å². The molecule has 4 heterocycles. The average molecular weight is 496 g/mol. The summed E-state index contributed by atoms with van der Waals surface area (Å²) < 4.78 is 57.3. The quantitative estimate of drug-likeness (QED) is 0.309. The summed E-state index contributed by atoms with van der Waals surface area (Å²) >= 11 is 0. The van der Waals surface area contributed by atoms with Crippen LogP contribution in [-0.2, 0) is 13.5 Å². The number of hydrogen-bond acceptors (Lipinski definition) is 4. The van der Waals surface area contributed by atoms with Crippen molar-refractivity contribution in [3.05, 3.63) is 82.8 Å². The van der Waals surface area contributed by atoms with E-state index in [1.165, 1.54) is 40.1 Å². The standard InChI is InChI=1S/C25H20F4N6O/c1-33-24(13-9-18(27)22(29)19(28)10-13)17-12-15-3-2-4-20(23(17)32-33)34(15)25(36)16-6-5-14(26)11-21(16)35-30-7-8-31-35/h5-11,15,20H,2-4,12H2,1H3/t15-,20+/m0/s1. The monoisotopic (exact) mass is 496 g/mol. The minimum absolute atomic E-state index is 0.186.